The van der Waals surface area contributed by atoms with E-state index in [-0.39, 0.29) is 18.5 Å². The second-order valence-electron chi connectivity index (χ2n) is 3.76. The van der Waals surface area contributed by atoms with Gasteiger partial charge in [-0.3, -0.25) is 9.59 Å². The zero-order valence-electron chi connectivity index (χ0n) is 9.06. The Morgan fingerprint density at radius 2 is 2.27 bits per heavy atom. The summed E-state index contributed by atoms with van der Waals surface area (Å²) in [7, 11) is 3.63. The van der Waals surface area contributed by atoms with E-state index in [1.54, 1.807) is 7.05 Å². The molecular formula is C9H17N3O3. The van der Waals surface area contributed by atoms with E-state index in [1.165, 1.54) is 4.90 Å². The van der Waals surface area contributed by atoms with Gasteiger partial charge >= 0.3 is 5.97 Å². The lowest BCUT2D eigenvalue weighted by Gasteiger charge is -2.21. The van der Waals surface area contributed by atoms with Crippen LogP contribution in [0.25, 0.3) is 0 Å². The van der Waals surface area contributed by atoms with Gasteiger partial charge in [0.05, 0.1) is 6.04 Å². The third-order valence-electron chi connectivity index (χ3n) is 2.53. The minimum Gasteiger partial charge on any atom is -0.480 e. The largest absolute Gasteiger partial charge is 0.480 e. The molecule has 1 aliphatic heterocycles. The van der Waals surface area contributed by atoms with Gasteiger partial charge in [-0.1, -0.05) is 0 Å². The van der Waals surface area contributed by atoms with Crippen molar-refractivity contribution in [2.75, 3.05) is 40.3 Å². The molecule has 6 nitrogen and oxygen atoms in total. The van der Waals surface area contributed by atoms with Crippen molar-refractivity contribution in [2.24, 2.45) is 0 Å². The topological polar surface area (TPSA) is 72.9 Å². The quantitative estimate of drug-likeness (QED) is 0.595. The van der Waals surface area contributed by atoms with Crippen LogP contribution in [-0.2, 0) is 9.59 Å². The third kappa shape index (κ3) is 3.17. The molecule has 0 aromatic carbocycles. The van der Waals surface area contributed by atoms with E-state index in [0.717, 1.165) is 0 Å². The first kappa shape index (κ1) is 11.9. The Hall–Kier alpha value is -1.14. The van der Waals surface area contributed by atoms with Gasteiger partial charge in [0, 0.05) is 19.6 Å². The normalized spacial score (nSPS) is 24.0. The molecule has 1 heterocycles. The number of carboxylic acids is 1. The molecule has 15 heavy (non-hydrogen) atoms. The number of aliphatic carboxylic acids is 1. The van der Waals surface area contributed by atoms with E-state index in [0.29, 0.717) is 19.6 Å². The zero-order valence-corrected chi connectivity index (χ0v) is 9.06. The lowest BCUT2D eigenvalue weighted by atomic mass is 10.2. The Morgan fingerprint density at radius 3 is 2.80 bits per heavy atom. The first-order valence-corrected chi connectivity index (χ1v) is 4.91. The molecular weight excluding hydrogens is 198 g/mol. The van der Waals surface area contributed by atoms with Crippen molar-refractivity contribution in [3.63, 3.8) is 0 Å². The number of carboxylic acid groups (broad SMARTS) is 1. The summed E-state index contributed by atoms with van der Waals surface area (Å²) < 4.78 is 0. The molecule has 2 N–H and O–H groups in total. The van der Waals surface area contributed by atoms with E-state index in [1.807, 2.05) is 11.9 Å². The molecule has 0 bridgehead atoms. The fourth-order valence-corrected chi connectivity index (χ4v) is 1.64. The van der Waals surface area contributed by atoms with Gasteiger partial charge < -0.3 is 20.2 Å². The molecule has 1 rings (SSSR count). The van der Waals surface area contributed by atoms with Gasteiger partial charge in [0.1, 0.15) is 6.54 Å². The highest BCUT2D eigenvalue weighted by Crippen LogP contribution is 2.03. The summed E-state index contributed by atoms with van der Waals surface area (Å²) in [6.07, 6.45) is 0. The van der Waals surface area contributed by atoms with Crippen molar-refractivity contribution in [2.45, 2.75) is 6.04 Å². The molecule has 0 radical (unpaired) electrons. The molecule has 1 amide bonds. The molecule has 1 aliphatic rings. The Balaban J connectivity index is 2.70. The summed E-state index contributed by atoms with van der Waals surface area (Å²) in [4.78, 5) is 25.8. The van der Waals surface area contributed by atoms with Crippen LogP contribution in [0.3, 0.4) is 0 Å². The average Bonchev–Trinajstić information content (AvgIpc) is 2.30. The van der Waals surface area contributed by atoms with Crippen LogP contribution in [0.15, 0.2) is 0 Å². The van der Waals surface area contributed by atoms with Gasteiger partial charge in [-0.05, 0) is 14.1 Å². The summed E-state index contributed by atoms with van der Waals surface area (Å²) in [5.41, 5.74) is 0. The molecule has 86 valence electrons. The minimum atomic E-state index is -0.970. The van der Waals surface area contributed by atoms with E-state index in [9.17, 15) is 9.59 Å². The summed E-state index contributed by atoms with van der Waals surface area (Å²) in [5.74, 6) is -1.10. The Labute approximate surface area is 88.8 Å². The average molecular weight is 215 g/mol. The molecule has 0 aliphatic carbocycles. The summed E-state index contributed by atoms with van der Waals surface area (Å²) in [6, 6.07) is -0.308. The maximum atomic E-state index is 11.8. The summed E-state index contributed by atoms with van der Waals surface area (Å²) in [6.45, 7) is 1.58. The monoisotopic (exact) mass is 215 g/mol. The van der Waals surface area contributed by atoms with Gasteiger partial charge in [-0.2, -0.15) is 0 Å². The number of carbonyl (C=O) groups is 2. The van der Waals surface area contributed by atoms with Crippen molar-refractivity contribution >= 4 is 11.9 Å². The molecule has 1 atom stereocenters. The SMILES string of the molecule is CNC1CN(C)CCN(CC(=O)O)C1=O. The number of carbonyl (C=O) groups excluding carboxylic acids is 1. The molecule has 6 heteroatoms. The Morgan fingerprint density at radius 1 is 1.60 bits per heavy atom. The molecule has 0 aromatic heterocycles. The second-order valence-corrected chi connectivity index (χ2v) is 3.76. The highest BCUT2D eigenvalue weighted by molar-refractivity contribution is 5.85. The molecule has 1 saturated heterocycles. The predicted molar refractivity (Wildman–Crippen MR) is 54.6 cm³/mol. The smallest absolute Gasteiger partial charge is 0.323 e. The maximum absolute atomic E-state index is 11.8. The van der Waals surface area contributed by atoms with Gasteiger partial charge in [0.2, 0.25) is 5.91 Å². The van der Waals surface area contributed by atoms with Crippen LogP contribution in [0.4, 0.5) is 0 Å². The molecule has 0 saturated carbocycles. The predicted octanol–water partition coefficient (Wildman–Crippen LogP) is -1.57. The van der Waals surface area contributed by atoms with Crippen LogP contribution in [0.2, 0.25) is 0 Å². The lowest BCUT2D eigenvalue weighted by molar-refractivity contribution is -0.144. The minimum absolute atomic E-state index is 0.135. The number of nitrogens with zero attached hydrogens (tertiary/aromatic N) is 2. The van der Waals surface area contributed by atoms with Crippen LogP contribution in [0.1, 0.15) is 0 Å². The van der Waals surface area contributed by atoms with Gasteiger partial charge in [-0.15, -0.1) is 0 Å². The zero-order chi connectivity index (χ0) is 11.4. The van der Waals surface area contributed by atoms with Crippen LogP contribution < -0.4 is 5.32 Å². The van der Waals surface area contributed by atoms with Crippen molar-refractivity contribution < 1.29 is 14.7 Å². The Kier molecular flexibility index (Phi) is 4.05. The number of hydrogen-bond acceptors (Lipinski definition) is 4. The number of hydrogen-bond donors (Lipinski definition) is 2. The fraction of sp³-hybridized carbons (Fsp3) is 0.778. The van der Waals surface area contributed by atoms with E-state index < -0.39 is 5.97 Å². The van der Waals surface area contributed by atoms with Crippen LogP contribution in [0.5, 0.6) is 0 Å². The maximum Gasteiger partial charge on any atom is 0.323 e. The first-order valence-electron chi connectivity index (χ1n) is 4.91. The standard InChI is InChI=1S/C9H17N3O3/c1-10-7-5-11(2)3-4-12(9(7)15)6-8(13)14/h7,10H,3-6H2,1-2H3,(H,13,14). The highest BCUT2D eigenvalue weighted by atomic mass is 16.4. The molecule has 1 fully saturated rings. The Bertz CT molecular complexity index is 257. The van der Waals surface area contributed by atoms with E-state index in [4.69, 9.17) is 5.11 Å². The fourth-order valence-electron chi connectivity index (χ4n) is 1.64. The van der Waals surface area contributed by atoms with Crippen molar-refractivity contribution in [3.05, 3.63) is 0 Å². The van der Waals surface area contributed by atoms with Gasteiger partial charge in [0.25, 0.3) is 0 Å². The van der Waals surface area contributed by atoms with Crippen molar-refractivity contribution in [1.82, 2.24) is 15.1 Å². The highest BCUT2D eigenvalue weighted by Gasteiger charge is 2.28. The van der Waals surface area contributed by atoms with Crippen LogP contribution in [-0.4, -0.2) is 73.1 Å². The first-order chi connectivity index (χ1) is 7.04. The number of rotatable bonds is 3. The van der Waals surface area contributed by atoms with E-state index in [2.05, 4.69) is 5.32 Å². The second kappa shape index (κ2) is 5.09. The summed E-state index contributed by atoms with van der Waals surface area (Å²) in [5, 5.41) is 11.6. The molecule has 1 unspecified atom stereocenters. The third-order valence-corrected chi connectivity index (χ3v) is 2.53. The van der Waals surface area contributed by atoms with Crippen molar-refractivity contribution in [3.8, 4) is 0 Å². The van der Waals surface area contributed by atoms with E-state index >= 15 is 0 Å². The summed E-state index contributed by atoms with van der Waals surface area (Å²) >= 11 is 0. The lowest BCUT2D eigenvalue weighted by Crippen LogP contribution is -2.48. The number of amides is 1. The molecule has 0 aromatic rings. The van der Waals surface area contributed by atoms with Gasteiger partial charge in [0.15, 0.2) is 0 Å². The van der Waals surface area contributed by atoms with Crippen LogP contribution in [0, 0.1) is 0 Å². The van der Waals surface area contributed by atoms with Crippen LogP contribution >= 0.6 is 0 Å². The van der Waals surface area contributed by atoms with Gasteiger partial charge in [-0.25, -0.2) is 0 Å². The molecule has 0 spiro atoms. The number of likely N-dealkylation sites (N-methyl/N-ethyl adjacent to an activating group) is 2. The number of nitrogens with one attached hydrogen (secondary N) is 1. The van der Waals surface area contributed by atoms with Crippen molar-refractivity contribution in [1.29, 1.82) is 0 Å².